The Balaban J connectivity index is 1.49. The van der Waals surface area contributed by atoms with Gasteiger partial charge in [-0.15, -0.1) is 0 Å². The Morgan fingerprint density at radius 2 is 1.76 bits per heavy atom. The molecular weight excluding hydrogens is 367 g/mol. The highest BCUT2D eigenvalue weighted by Crippen LogP contribution is 2.27. The van der Waals surface area contributed by atoms with E-state index in [0.717, 1.165) is 49.4 Å². The van der Waals surface area contributed by atoms with Crippen LogP contribution in [0.4, 0.5) is 10.2 Å². The minimum atomic E-state index is -0.322. The number of hydrogen-bond acceptors (Lipinski definition) is 5. The lowest BCUT2D eigenvalue weighted by Gasteiger charge is -2.32. The second kappa shape index (κ2) is 8.47. The second-order valence-corrected chi connectivity index (χ2v) is 7.26. The molecule has 1 aliphatic rings. The normalized spacial score (nSPS) is 14.8. The maximum atomic E-state index is 13.1. The van der Waals surface area contributed by atoms with E-state index in [9.17, 15) is 9.18 Å². The van der Waals surface area contributed by atoms with Crippen molar-refractivity contribution in [2.24, 2.45) is 5.92 Å². The molecule has 1 fully saturated rings. The van der Waals surface area contributed by atoms with Gasteiger partial charge in [0, 0.05) is 54.3 Å². The molecule has 148 valence electrons. The monoisotopic (exact) mass is 390 g/mol. The number of carbonyl (C=O) groups is 1. The number of pyridine rings is 1. The third-order valence-corrected chi connectivity index (χ3v) is 5.38. The Bertz CT molecular complexity index is 984. The van der Waals surface area contributed by atoms with Gasteiger partial charge in [0.15, 0.2) is 11.6 Å². The summed E-state index contributed by atoms with van der Waals surface area (Å²) in [6.45, 7) is 3.59. The number of benzene rings is 1. The minimum Gasteiger partial charge on any atom is -0.356 e. The van der Waals surface area contributed by atoms with Crippen LogP contribution in [0.15, 0.2) is 54.9 Å². The predicted octanol–water partition coefficient (Wildman–Crippen LogP) is 4.34. The number of Topliss-reactive ketones (excluding diaryl/α,β-unsaturated/α-hetero) is 1. The van der Waals surface area contributed by atoms with Gasteiger partial charge >= 0.3 is 0 Å². The van der Waals surface area contributed by atoms with Gasteiger partial charge in [0.25, 0.3) is 0 Å². The Morgan fingerprint density at radius 3 is 2.41 bits per heavy atom. The molecule has 0 saturated carbocycles. The summed E-state index contributed by atoms with van der Waals surface area (Å²) in [6.07, 6.45) is 5.82. The van der Waals surface area contributed by atoms with E-state index in [4.69, 9.17) is 4.98 Å². The lowest BCUT2D eigenvalue weighted by Crippen LogP contribution is -2.37. The van der Waals surface area contributed by atoms with Crippen molar-refractivity contribution in [3.63, 3.8) is 0 Å². The van der Waals surface area contributed by atoms with Crippen LogP contribution in [0.25, 0.3) is 11.4 Å². The lowest BCUT2D eigenvalue weighted by atomic mass is 9.89. The van der Waals surface area contributed by atoms with Crippen LogP contribution in [0, 0.1) is 11.7 Å². The number of ketones is 1. The smallest absolute Gasteiger partial charge is 0.166 e. The Hall–Kier alpha value is -3.15. The summed E-state index contributed by atoms with van der Waals surface area (Å²) in [7, 11) is 0. The largest absolute Gasteiger partial charge is 0.356 e. The number of halogens is 1. The average Bonchev–Trinajstić information content (AvgIpc) is 2.79. The van der Waals surface area contributed by atoms with E-state index in [1.54, 1.807) is 24.5 Å². The van der Waals surface area contributed by atoms with Crippen molar-refractivity contribution in [1.29, 1.82) is 0 Å². The zero-order valence-corrected chi connectivity index (χ0v) is 16.4. The summed E-state index contributed by atoms with van der Waals surface area (Å²) in [4.78, 5) is 28.4. The zero-order chi connectivity index (χ0) is 20.2. The molecule has 6 heteroatoms. The van der Waals surface area contributed by atoms with Crippen molar-refractivity contribution in [1.82, 2.24) is 15.0 Å². The number of rotatable bonds is 5. The molecule has 1 aliphatic heterocycles. The van der Waals surface area contributed by atoms with E-state index in [1.165, 1.54) is 12.1 Å². The van der Waals surface area contributed by atoms with Crippen LogP contribution >= 0.6 is 0 Å². The molecule has 0 radical (unpaired) electrons. The van der Waals surface area contributed by atoms with E-state index in [0.29, 0.717) is 11.4 Å². The van der Waals surface area contributed by atoms with Crippen molar-refractivity contribution < 1.29 is 9.18 Å². The third-order valence-electron chi connectivity index (χ3n) is 5.38. The predicted molar refractivity (Wildman–Crippen MR) is 110 cm³/mol. The van der Waals surface area contributed by atoms with Gasteiger partial charge in [-0.05, 0) is 55.7 Å². The molecule has 3 aromatic rings. The van der Waals surface area contributed by atoms with E-state index in [1.807, 2.05) is 18.2 Å². The highest BCUT2D eigenvalue weighted by molar-refractivity contribution is 5.98. The highest BCUT2D eigenvalue weighted by atomic mass is 19.1. The molecule has 3 heterocycles. The summed E-state index contributed by atoms with van der Waals surface area (Å²) in [6, 6.07) is 11.7. The average molecular weight is 390 g/mol. The van der Waals surface area contributed by atoms with Crippen molar-refractivity contribution in [2.45, 2.75) is 26.2 Å². The summed E-state index contributed by atoms with van der Waals surface area (Å²) in [5.74, 6) is 1.34. The highest BCUT2D eigenvalue weighted by Gasteiger charge is 2.27. The molecule has 0 N–H and O–H groups in total. The van der Waals surface area contributed by atoms with Gasteiger partial charge in [0.05, 0.1) is 0 Å². The van der Waals surface area contributed by atoms with Crippen molar-refractivity contribution in [2.75, 3.05) is 18.0 Å². The fourth-order valence-corrected chi connectivity index (χ4v) is 3.68. The summed E-state index contributed by atoms with van der Waals surface area (Å²) in [5.41, 5.74) is 2.52. The molecule has 5 nitrogen and oxygen atoms in total. The molecule has 0 atom stereocenters. The van der Waals surface area contributed by atoms with Crippen molar-refractivity contribution in [3.8, 4) is 11.4 Å². The molecule has 0 amide bonds. The molecule has 1 aromatic carbocycles. The second-order valence-electron chi connectivity index (χ2n) is 7.26. The van der Waals surface area contributed by atoms with Gasteiger partial charge in [0.1, 0.15) is 11.6 Å². The fourth-order valence-electron chi connectivity index (χ4n) is 3.68. The fraction of sp³-hybridized carbons (Fsp3) is 0.304. The van der Waals surface area contributed by atoms with E-state index >= 15 is 0 Å². The molecule has 0 bridgehead atoms. The quantitative estimate of drug-likeness (QED) is 0.607. The first-order valence-electron chi connectivity index (χ1n) is 9.97. The molecule has 4 rings (SSSR count). The van der Waals surface area contributed by atoms with Gasteiger partial charge in [-0.3, -0.25) is 9.78 Å². The Labute approximate surface area is 169 Å². The van der Waals surface area contributed by atoms with Gasteiger partial charge in [-0.1, -0.05) is 6.92 Å². The van der Waals surface area contributed by atoms with E-state index in [2.05, 4.69) is 21.8 Å². The number of hydrogen-bond donors (Lipinski definition) is 0. The third kappa shape index (κ3) is 4.31. The molecular formula is C23H23FN4O. The number of anilines is 1. The van der Waals surface area contributed by atoms with E-state index in [-0.39, 0.29) is 17.5 Å². The van der Waals surface area contributed by atoms with Crippen LogP contribution in [0.5, 0.6) is 0 Å². The minimum absolute atomic E-state index is 0.0381. The Morgan fingerprint density at radius 1 is 1.07 bits per heavy atom. The van der Waals surface area contributed by atoms with Crippen LogP contribution in [-0.4, -0.2) is 33.8 Å². The maximum absolute atomic E-state index is 13.1. The first-order valence-corrected chi connectivity index (χ1v) is 9.97. The molecule has 0 aliphatic carbocycles. The zero-order valence-electron chi connectivity index (χ0n) is 16.4. The van der Waals surface area contributed by atoms with Crippen LogP contribution in [0.1, 0.15) is 35.8 Å². The van der Waals surface area contributed by atoms with Crippen LogP contribution in [0.3, 0.4) is 0 Å². The number of piperidine rings is 1. The van der Waals surface area contributed by atoms with Gasteiger partial charge in [-0.2, -0.15) is 0 Å². The van der Waals surface area contributed by atoms with Crippen molar-refractivity contribution >= 4 is 11.6 Å². The topological polar surface area (TPSA) is 59.0 Å². The molecule has 2 aromatic heterocycles. The number of aromatic nitrogens is 3. The molecule has 0 unspecified atom stereocenters. The lowest BCUT2D eigenvalue weighted by molar-refractivity contribution is 0.0900. The first-order chi connectivity index (χ1) is 14.1. The maximum Gasteiger partial charge on any atom is 0.166 e. The molecule has 1 saturated heterocycles. The SMILES string of the molecule is CCc1cc(N2CCC(C(=O)c3ccc(F)cc3)CC2)nc(-c2ccncc2)n1. The summed E-state index contributed by atoms with van der Waals surface area (Å²) < 4.78 is 13.1. The number of carbonyl (C=O) groups excluding carboxylic acids is 1. The van der Waals surface area contributed by atoms with Gasteiger partial charge in [0.2, 0.25) is 0 Å². The van der Waals surface area contributed by atoms with E-state index < -0.39 is 0 Å². The van der Waals surface area contributed by atoms with Crippen LogP contribution < -0.4 is 4.90 Å². The van der Waals surface area contributed by atoms with Crippen LogP contribution in [0.2, 0.25) is 0 Å². The Kier molecular flexibility index (Phi) is 5.60. The molecule has 0 spiro atoms. The van der Waals surface area contributed by atoms with Gasteiger partial charge < -0.3 is 4.90 Å². The number of aryl methyl sites for hydroxylation is 1. The summed E-state index contributed by atoms with van der Waals surface area (Å²) in [5, 5.41) is 0. The van der Waals surface area contributed by atoms with Gasteiger partial charge in [-0.25, -0.2) is 14.4 Å². The number of nitrogens with zero attached hydrogens (tertiary/aromatic N) is 4. The standard InChI is InChI=1S/C23H23FN4O/c1-2-20-15-21(27-23(26-20)18-7-11-25-12-8-18)28-13-9-17(10-14-28)22(29)16-3-5-19(24)6-4-16/h3-8,11-12,15,17H,2,9-10,13-14H2,1H3. The van der Waals surface area contributed by atoms with Crippen LogP contribution in [-0.2, 0) is 6.42 Å². The first kappa shape index (κ1) is 19.2. The molecule has 29 heavy (non-hydrogen) atoms. The summed E-state index contributed by atoms with van der Waals surface area (Å²) >= 11 is 0. The van der Waals surface area contributed by atoms with Crippen molar-refractivity contribution in [3.05, 3.63) is 71.9 Å².